The van der Waals surface area contributed by atoms with Crippen LogP contribution in [0.2, 0.25) is 0 Å². The Labute approximate surface area is 161 Å². The minimum absolute atomic E-state index is 0.362. The summed E-state index contributed by atoms with van der Waals surface area (Å²) in [4.78, 5) is 19.8. The van der Waals surface area contributed by atoms with Crippen LogP contribution in [0.5, 0.6) is 0 Å². The fraction of sp³-hybridized carbons (Fsp3) is 0.400. The van der Waals surface area contributed by atoms with Crippen LogP contribution in [0.15, 0.2) is 34.8 Å². The molecular formula is C20H24BrN3O2. The average Bonchev–Trinajstić information content (AvgIpc) is 2.95. The highest BCUT2D eigenvalue weighted by atomic mass is 79.9. The number of H-pyrrole nitrogens is 1. The second kappa shape index (κ2) is 7.66. The van der Waals surface area contributed by atoms with E-state index in [2.05, 4.69) is 50.5 Å². The zero-order valence-corrected chi connectivity index (χ0v) is 16.9. The molecule has 0 radical (unpaired) electrons. The van der Waals surface area contributed by atoms with Gasteiger partial charge in [0, 0.05) is 22.8 Å². The lowest BCUT2D eigenvalue weighted by atomic mass is 10.1. The average molecular weight is 418 g/mol. The second-order valence-electron chi connectivity index (χ2n) is 7.40. The fourth-order valence-corrected chi connectivity index (χ4v) is 3.24. The van der Waals surface area contributed by atoms with Crippen LogP contribution in [0.4, 0.5) is 4.79 Å². The lowest BCUT2D eigenvalue weighted by Crippen LogP contribution is -2.33. The Bertz CT molecular complexity index is 928. The van der Waals surface area contributed by atoms with Gasteiger partial charge in [-0.05, 0) is 57.2 Å². The largest absolute Gasteiger partial charge is 0.444 e. The number of hydrogen-bond acceptors (Lipinski definition) is 3. The van der Waals surface area contributed by atoms with Gasteiger partial charge in [0.2, 0.25) is 0 Å². The minimum Gasteiger partial charge on any atom is -0.444 e. The van der Waals surface area contributed by atoms with E-state index >= 15 is 0 Å². The van der Waals surface area contributed by atoms with Gasteiger partial charge in [-0.15, -0.1) is 0 Å². The fourth-order valence-electron chi connectivity index (χ4n) is 2.86. The summed E-state index contributed by atoms with van der Waals surface area (Å²) in [6, 6.07) is 10.4. The van der Waals surface area contributed by atoms with Crippen LogP contribution in [-0.2, 0) is 11.2 Å². The summed E-state index contributed by atoms with van der Waals surface area (Å²) in [6.45, 7) is 6.18. The van der Waals surface area contributed by atoms with Gasteiger partial charge in [-0.1, -0.05) is 28.1 Å². The summed E-state index contributed by atoms with van der Waals surface area (Å²) in [7, 11) is 0. The lowest BCUT2D eigenvalue weighted by Gasteiger charge is -2.19. The number of fused-ring (bicyclic) bond motifs is 3. The van der Waals surface area contributed by atoms with Gasteiger partial charge in [0.15, 0.2) is 0 Å². The van der Waals surface area contributed by atoms with Crippen molar-refractivity contribution in [1.29, 1.82) is 0 Å². The molecule has 0 aliphatic heterocycles. The molecule has 0 atom stereocenters. The Balaban J connectivity index is 1.55. The monoisotopic (exact) mass is 417 g/mol. The molecule has 1 amide bonds. The van der Waals surface area contributed by atoms with Crippen molar-refractivity contribution >= 4 is 43.8 Å². The molecule has 0 bridgehead atoms. The van der Waals surface area contributed by atoms with E-state index in [0.717, 1.165) is 46.0 Å². The number of amides is 1. The van der Waals surface area contributed by atoms with Crippen molar-refractivity contribution in [1.82, 2.24) is 15.3 Å². The van der Waals surface area contributed by atoms with E-state index in [1.54, 1.807) is 0 Å². The van der Waals surface area contributed by atoms with Crippen LogP contribution in [0.1, 0.15) is 39.4 Å². The first-order chi connectivity index (χ1) is 12.3. The molecule has 3 rings (SSSR count). The molecule has 0 aliphatic carbocycles. The maximum absolute atomic E-state index is 11.6. The molecule has 0 saturated carbocycles. The third-order valence-electron chi connectivity index (χ3n) is 3.99. The van der Waals surface area contributed by atoms with E-state index in [0.29, 0.717) is 6.54 Å². The summed E-state index contributed by atoms with van der Waals surface area (Å²) in [5, 5.41) is 5.11. The number of halogens is 1. The second-order valence-corrected chi connectivity index (χ2v) is 8.31. The van der Waals surface area contributed by atoms with Gasteiger partial charge in [0.1, 0.15) is 11.4 Å². The summed E-state index contributed by atoms with van der Waals surface area (Å²) >= 11 is 3.51. The van der Waals surface area contributed by atoms with E-state index in [4.69, 9.17) is 9.72 Å². The molecule has 5 nitrogen and oxygen atoms in total. The third kappa shape index (κ3) is 4.75. The highest BCUT2D eigenvalue weighted by Gasteiger charge is 2.15. The number of carbonyl (C=O) groups is 1. The molecule has 6 heteroatoms. The maximum Gasteiger partial charge on any atom is 0.407 e. The molecule has 0 unspecified atom stereocenters. The number of benzene rings is 2. The first kappa shape index (κ1) is 18.7. The molecule has 138 valence electrons. The summed E-state index contributed by atoms with van der Waals surface area (Å²) < 4.78 is 6.29. The maximum atomic E-state index is 11.6. The Hall–Kier alpha value is -2.08. The standard InChI is InChI=1S/C20H24BrN3O2/c1-20(2,3)26-19(25)22-11-5-4-6-17-23-16-10-7-13-12-14(21)8-9-15(13)18(16)24-17/h7-10,12H,4-6,11H2,1-3H3,(H,22,25)(H,23,24). The molecule has 26 heavy (non-hydrogen) atoms. The Kier molecular flexibility index (Phi) is 5.51. The number of nitrogens with one attached hydrogen (secondary N) is 2. The van der Waals surface area contributed by atoms with E-state index in [-0.39, 0.29) is 6.09 Å². The number of ether oxygens (including phenoxy) is 1. The van der Waals surface area contributed by atoms with Crippen LogP contribution in [-0.4, -0.2) is 28.2 Å². The summed E-state index contributed by atoms with van der Waals surface area (Å²) in [5.41, 5.74) is 1.61. The molecule has 3 aromatic rings. The van der Waals surface area contributed by atoms with Gasteiger partial charge in [0.25, 0.3) is 0 Å². The molecule has 2 N–H and O–H groups in total. The number of rotatable bonds is 5. The smallest absolute Gasteiger partial charge is 0.407 e. The Morgan fingerprint density at radius 2 is 2.04 bits per heavy atom. The van der Waals surface area contributed by atoms with Gasteiger partial charge < -0.3 is 15.0 Å². The van der Waals surface area contributed by atoms with Gasteiger partial charge in [-0.2, -0.15) is 0 Å². The quantitative estimate of drug-likeness (QED) is 0.551. The molecule has 1 aromatic heterocycles. The van der Waals surface area contributed by atoms with E-state index in [1.165, 1.54) is 5.39 Å². The number of imidazole rings is 1. The van der Waals surface area contributed by atoms with Crippen molar-refractivity contribution in [2.75, 3.05) is 6.54 Å². The first-order valence-electron chi connectivity index (χ1n) is 8.85. The predicted octanol–water partition coefficient (Wildman–Crippen LogP) is 5.33. The number of aromatic nitrogens is 2. The third-order valence-corrected chi connectivity index (χ3v) is 4.48. The number of aromatic amines is 1. The highest BCUT2D eigenvalue weighted by Crippen LogP contribution is 2.26. The number of hydrogen-bond donors (Lipinski definition) is 2. The zero-order chi connectivity index (χ0) is 18.7. The van der Waals surface area contributed by atoms with E-state index in [1.807, 2.05) is 26.8 Å². The van der Waals surface area contributed by atoms with Crippen LogP contribution < -0.4 is 5.32 Å². The van der Waals surface area contributed by atoms with Crippen LogP contribution in [0.25, 0.3) is 21.8 Å². The normalized spacial score (nSPS) is 11.8. The number of alkyl carbamates (subject to hydrolysis) is 1. The Morgan fingerprint density at radius 1 is 1.23 bits per heavy atom. The molecule has 2 aromatic carbocycles. The van der Waals surface area contributed by atoms with Crippen LogP contribution in [0.3, 0.4) is 0 Å². The van der Waals surface area contributed by atoms with Gasteiger partial charge in [0.05, 0.1) is 11.0 Å². The Morgan fingerprint density at radius 3 is 2.81 bits per heavy atom. The number of carbonyl (C=O) groups excluding carboxylic acids is 1. The molecular weight excluding hydrogens is 394 g/mol. The van der Waals surface area contributed by atoms with E-state index in [9.17, 15) is 4.79 Å². The number of unbranched alkanes of at least 4 members (excludes halogenated alkanes) is 1. The van der Waals surface area contributed by atoms with Crippen molar-refractivity contribution < 1.29 is 9.53 Å². The molecule has 0 aliphatic rings. The number of aryl methyl sites for hydroxylation is 1. The molecule has 0 saturated heterocycles. The molecule has 1 heterocycles. The lowest BCUT2D eigenvalue weighted by molar-refractivity contribution is 0.0527. The van der Waals surface area contributed by atoms with Crippen molar-refractivity contribution in [3.63, 3.8) is 0 Å². The van der Waals surface area contributed by atoms with Crippen molar-refractivity contribution in [3.8, 4) is 0 Å². The highest BCUT2D eigenvalue weighted by molar-refractivity contribution is 9.10. The zero-order valence-electron chi connectivity index (χ0n) is 15.4. The van der Waals surface area contributed by atoms with Crippen molar-refractivity contribution in [3.05, 3.63) is 40.6 Å². The van der Waals surface area contributed by atoms with Crippen molar-refractivity contribution in [2.24, 2.45) is 0 Å². The first-order valence-corrected chi connectivity index (χ1v) is 9.65. The molecule has 0 spiro atoms. The van der Waals surface area contributed by atoms with E-state index < -0.39 is 5.60 Å². The SMILES string of the molecule is CC(C)(C)OC(=O)NCCCCc1nc2c(ccc3cc(Br)ccc32)[nH]1. The van der Waals surface area contributed by atoms with Gasteiger partial charge in [-0.25, -0.2) is 9.78 Å². The predicted molar refractivity (Wildman–Crippen MR) is 108 cm³/mol. The van der Waals surface area contributed by atoms with Gasteiger partial charge in [-0.3, -0.25) is 0 Å². The van der Waals surface area contributed by atoms with Gasteiger partial charge >= 0.3 is 6.09 Å². The summed E-state index contributed by atoms with van der Waals surface area (Å²) in [6.07, 6.45) is 2.31. The minimum atomic E-state index is -0.462. The van der Waals surface area contributed by atoms with Crippen LogP contribution >= 0.6 is 15.9 Å². The summed E-state index contributed by atoms with van der Waals surface area (Å²) in [5.74, 6) is 0.979. The topological polar surface area (TPSA) is 67.0 Å². The number of nitrogens with zero attached hydrogens (tertiary/aromatic N) is 1. The van der Waals surface area contributed by atoms with Crippen molar-refractivity contribution in [2.45, 2.75) is 45.6 Å². The molecule has 0 fully saturated rings. The van der Waals surface area contributed by atoms with Crippen LogP contribution in [0, 0.1) is 0 Å².